The maximum absolute atomic E-state index is 12.5. The molecule has 1 fully saturated rings. The molecule has 1 aliphatic carbocycles. The Hall–Kier alpha value is -1.35. The third-order valence-electron chi connectivity index (χ3n) is 5.44. The third-order valence-corrected chi connectivity index (χ3v) is 5.44. The van der Waals surface area contributed by atoms with Gasteiger partial charge >= 0.3 is 0 Å². The van der Waals surface area contributed by atoms with Gasteiger partial charge in [-0.05, 0) is 55.6 Å². The average Bonchev–Trinajstić information content (AvgIpc) is 2.97. The number of carbonyl (C=O) groups excluding carboxylic acids is 1. The van der Waals surface area contributed by atoms with Gasteiger partial charge in [0.05, 0.1) is 6.54 Å². The van der Waals surface area contributed by atoms with E-state index in [0.717, 1.165) is 30.5 Å². The Morgan fingerprint density at radius 1 is 1.23 bits per heavy atom. The van der Waals surface area contributed by atoms with Crippen molar-refractivity contribution < 1.29 is 4.79 Å². The molecule has 1 aliphatic heterocycles. The highest BCUT2D eigenvalue weighted by atomic mass is 16.2. The largest absolute Gasteiger partial charge is 0.311 e. The zero-order valence-electron chi connectivity index (χ0n) is 13.8. The number of benzene rings is 1. The SMILES string of the molecule is CC(C)C1CCC(NCC(=O)N2CCc3ccccc32)CC1. The van der Waals surface area contributed by atoms with Crippen LogP contribution in [0.3, 0.4) is 0 Å². The Bertz CT molecular complexity index is 518. The van der Waals surface area contributed by atoms with Gasteiger partial charge in [0.1, 0.15) is 0 Å². The summed E-state index contributed by atoms with van der Waals surface area (Å²) in [6.45, 7) is 5.96. The zero-order chi connectivity index (χ0) is 15.5. The van der Waals surface area contributed by atoms with Gasteiger partial charge in [-0.25, -0.2) is 0 Å². The van der Waals surface area contributed by atoms with E-state index in [0.29, 0.717) is 12.6 Å². The molecule has 1 N–H and O–H groups in total. The molecule has 0 bridgehead atoms. The number of nitrogens with one attached hydrogen (secondary N) is 1. The van der Waals surface area contributed by atoms with Crippen LogP contribution in [0.5, 0.6) is 0 Å². The van der Waals surface area contributed by atoms with E-state index in [4.69, 9.17) is 0 Å². The average molecular weight is 300 g/mol. The molecular weight excluding hydrogens is 272 g/mol. The molecule has 0 spiro atoms. The Kier molecular flexibility index (Phi) is 4.82. The number of para-hydroxylation sites is 1. The van der Waals surface area contributed by atoms with Gasteiger partial charge in [-0.15, -0.1) is 0 Å². The van der Waals surface area contributed by atoms with Crippen molar-refractivity contribution >= 4 is 11.6 Å². The van der Waals surface area contributed by atoms with Crippen molar-refractivity contribution in [2.45, 2.75) is 52.0 Å². The van der Waals surface area contributed by atoms with Crippen molar-refractivity contribution in [2.24, 2.45) is 11.8 Å². The van der Waals surface area contributed by atoms with Crippen LogP contribution in [-0.4, -0.2) is 25.0 Å². The molecule has 1 amide bonds. The van der Waals surface area contributed by atoms with Gasteiger partial charge in [-0.1, -0.05) is 32.0 Å². The molecule has 3 rings (SSSR count). The monoisotopic (exact) mass is 300 g/mol. The highest BCUT2D eigenvalue weighted by Crippen LogP contribution is 2.30. The van der Waals surface area contributed by atoms with Crippen molar-refractivity contribution in [3.8, 4) is 0 Å². The molecule has 3 nitrogen and oxygen atoms in total. The van der Waals surface area contributed by atoms with Crippen LogP contribution in [0.2, 0.25) is 0 Å². The molecule has 1 aromatic carbocycles. The van der Waals surface area contributed by atoms with Gasteiger partial charge in [-0.3, -0.25) is 4.79 Å². The maximum atomic E-state index is 12.5. The van der Waals surface area contributed by atoms with E-state index in [9.17, 15) is 4.79 Å². The van der Waals surface area contributed by atoms with Gasteiger partial charge < -0.3 is 10.2 Å². The molecule has 22 heavy (non-hydrogen) atoms. The van der Waals surface area contributed by atoms with Gasteiger partial charge in [0.2, 0.25) is 5.91 Å². The molecule has 120 valence electrons. The quantitative estimate of drug-likeness (QED) is 0.924. The van der Waals surface area contributed by atoms with Gasteiger partial charge in [0.25, 0.3) is 0 Å². The number of carbonyl (C=O) groups is 1. The smallest absolute Gasteiger partial charge is 0.240 e. The van der Waals surface area contributed by atoms with Crippen LogP contribution >= 0.6 is 0 Å². The second-order valence-electron chi connectivity index (χ2n) is 7.16. The van der Waals surface area contributed by atoms with E-state index in [1.54, 1.807) is 0 Å². The molecule has 0 unspecified atom stereocenters. The third kappa shape index (κ3) is 3.35. The number of hydrogen-bond donors (Lipinski definition) is 1. The van der Waals surface area contributed by atoms with Crippen LogP contribution in [0.15, 0.2) is 24.3 Å². The Labute approximate surface area is 134 Å². The standard InChI is InChI=1S/C19H28N2O/c1-14(2)15-7-9-17(10-8-15)20-13-19(22)21-12-11-16-5-3-4-6-18(16)21/h3-6,14-15,17,20H,7-13H2,1-2H3. The summed E-state index contributed by atoms with van der Waals surface area (Å²) < 4.78 is 0. The van der Waals surface area contributed by atoms with E-state index in [2.05, 4.69) is 37.4 Å². The lowest BCUT2D eigenvalue weighted by molar-refractivity contribution is -0.117. The number of anilines is 1. The number of amides is 1. The molecule has 1 heterocycles. The Morgan fingerprint density at radius 3 is 2.68 bits per heavy atom. The fourth-order valence-corrected chi connectivity index (χ4v) is 3.91. The first-order valence-electron chi connectivity index (χ1n) is 8.77. The lowest BCUT2D eigenvalue weighted by atomic mass is 9.80. The summed E-state index contributed by atoms with van der Waals surface area (Å²) >= 11 is 0. The fourth-order valence-electron chi connectivity index (χ4n) is 3.91. The first-order chi connectivity index (χ1) is 10.6. The Balaban J connectivity index is 1.48. The van der Waals surface area contributed by atoms with E-state index in [-0.39, 0.29) is 5.91 Å². The van der Waals surface area contributed by atoms with Crippen molar-refractivity contribution in [3.63, 3.8) is 0 Å². The molecule has 0 saturated heterocycles. The molecule has 3 heteroatoms. The summed E-state index contributed by atoms with van der Waals surface area (Å²) in [6, 6.07) is 8.79. The highest BCUT2D eigenvalue weighted by Gasteiger charge is 2.26. The maximum Gasteiger partial charge on any atom is 0.240 e. The van der Waals surface area contributed by atoms with Crippen LogP contribution in [-0.2, 0) is 11.2 Å². The van der Waals surface area contributed by atoms with Crippen molar-refractivity contribution in [3.05, 3.63) is 29.8 Å². The lowest BCUT2D eigenvalue weighted by Gasteiger charge is -2.31. The lowest BCUT2D eigenvalue weighted by Crippen LogP contribution is -2.42. The minimum Gasteiger partial charge on any atom is -0.311 e. The molecule has 1 saturated carbocycles. The first-order valence-corrected chi connectivity index (χ1v) is 8.77. The minimum atomic E-state index is 0.218. The van der Waals surface area contributed by atoms with Crippen LogP contribution in [0.1, 0.15) is 45.1 Å². The molecule has 0 radical (unpaired) electrons. The summed E-state index contributed by atoms with van der Waals surface area (Å²) in [5, 5.41) is 3.50. The Morgan fingerprint density at radius 2 is 1.95 bits per heavy atom. The summed E-state index contributed by atoms with van der Waals surface area (Å²) in [6.07, 6.45) is 6.02. The summed E-state index contributed by atoms with van der Waals surface area (Å²) in [7, 11) is 0. The number of rotatable bonds is 4. The van der Waals surface area contributed by atoms with E-state index in [1.165, 1.54) is 31.2 Å². The van der Waals surface area contributed by atoms with Crippen LogP contribution in [0.4, 0.5) is 5.69 Å². The minimum absolute atomic E-state index is 0.218. The van der Waals surface area contributed by atoms with E-state index in [1.807, 2.05) is 11.0 Å². The van der Waals surface area contributed by atoms with Gasteiger partial charge in [0.15, 0.2) is 0 Å². The van der Waals surface area contributed by atoms with Crippen LogP contribution in [0, 0.1) is 11.8 Å². The summed E-state index contributed by atoms with van der Waals surface area (Å²) in [5.74, 6) is 1.89. The van der Waals surface area contributed by atoms with Gasteiger partial charge in [-0.2, -0.15) is 0 Å². The van der Waals surface area contributed by atoms with E-state index >= 15 is 0 Å². The number of hydrogen-bond acceptors (Lipinski definition) is 2. The van der Waals surface area contributed by atoms with Crippen molar-refractivity contribution in [2.75, 3.05) is 18.0 Å². The van der Waals surface area contributed by atoms with Crippen LogP contribution in [0.25, 0.3) is 0 Å². The predicted molar refractivity (Wildman–Crippen MR) is 91.1 cm³/mol. The molecule has 1 aromatic rings. The highest BCUT2D eigenvalue weighted by molar-refractivity contribution is 5.96. The molecule has 0 atom stereocenters. The van der Waals surface area contributed by atoms with Crippen LogP contribution < -0.4 is 10.2 Å². The summed E-state index contributed by atoms with van der Waals surface area (Å²) in [5.41, 5.74) is 2.41. The molecular formula is C19H28N2O. The fraction of sp³-hybridized carbons (Fsp3) is 0.632. The van der Waals surface area contributed by atoms with Crippen molar-refractivity contribution in [1.82, 2.24) is 5.32 Å². The second-order valence-corrected chi connectivity index (χ2v) is 7.16. The second kappa shape index (κ2) is 6.82. The molecule has 2 aliphatic rings. The summed E-state index contributed by atoms with van der Waals surface area (Å²) in [4.78, 5) is 14.4. The number of fused-ring (bicyclic) bond motifs is 1. The number of nitrogens with zero attached hydrogens (tertiary/aromatic N) is 1. The predicted octanol–water partition coefficient (Wildman–Crippen LogP) is 3.38. The normalized spacial score (nSPS) is 24.6. The zero-order valence-corrected chi connectivity index (χ0v) is 13.8. The first kappa shape index (κ1) is 15.5. The van der Waals surface area contributed by atoms with E-state index < -0.39 is 0 Å². The molecule has 0 aromatic heterocycles. The van der Waals surface area contributed by atoms with Gasteiger partial charge in [0, 0.05) is 18.3 Å². The topological polar surface area (TPSA) is 32.3 Å². The van der Waals surface area contributed by atoms with Crippen molar-refractivity contribution in [1.29, 1.82) is 0 Å².